The number of benzene rings is 1. The molecule has 0 fully saturated rings. The molecule has 0 aliphatic heterocycles. The van der Waals surface area contributed by atoms with Crippen LogP contribution in [0.3, 0.4) is 0 Å². The van der Waals surface area contributed by atoms with Crippen LogP contribution in [0.5, 0.6) is 0 Å². The molecule has 2 aromatic heterocycles. The van der Waals surface area contributed by atoms with Gasteiger partial charge in [-0.25, -0.2) is 0 Å². The number of anilines is 1. The van der Waals surface area contributed by atoms with E-state index in [0.29, 0.717) is 10.9 Å². The molecule has 2 heterocycles. The van der Waals surface area contributed by atoms with Gasteiger partial charge in [-0.3, -0.25) is 10.1 Å². The molecule has 5 nitrogen and oxygen atoms in total. The predicted molar refractivity (Wildman–Crippen MR) is 92.3 cm³/mol. The van der Waals surface area contributed by atoms with Crippen molar-refractivity contribution in [2.75, 3.05) is 5.32 Å². The summed E-state index contributed by atoms with van der Waals surface area (Å²) in [4.78, 5) is 12.5. The maximum Gasteiger partial charge on any atom is 0.293 e. The molecule has 0 unspecified atom stereocenters. The van der Waals surface area contributed by atoms with Gasteiger partial charge in [0, 0.05) is 17.4 Å². The fraction of sp³-hybridized carbons (Fsp3) is 0.353. The number of hydrogen-bond donors (Lipinski definition) is 1. The van der Waals surface area contributed by atoms with Gasteiger partial charge >= 0.3 is 0 Å². The Labute approximate surface area is 138 Å². The topological polar surface area (TPSA) is 68.0 Å². The molecule has 3 aromatic rings. The molecule has 0 saturated heterocycles. The Morgan fingerprint density at radius 2 is 1.96 bits per heavy atom. The Morgan fingerprint density at radius 1 is 1.22 bits per heavy atom. The number of amides is 1. The van der Waals surface area contributed by atoms with Gasteiger partial charge in [0.2, 0.25) is 5.13 Å². The third-order valence-corrected chi connectivity index (χ3v) is 4.81. The molecule has 1 amide bonds. The highest BCUT2D eigenvalue weighted by molar-refractivity contribution is 7.15. The Morgan fingerprint density at radius 3 is 2.70 bits per heavy atom. The lowest BCUT2D eigenvalue weighted by atomic mass is 10.1. The van der Waals surface area contributed by atoms with E-state index in [1.54, 1.807) is 0 Å². The van der Waals surface area contributed by atoms with E-state index in [1.165, 1.54) is 16.9 Å². The Hall–Kier alpha value is -2.21. The standard InChI is InChI=1S/C17H19N3O2S/c1-5-6-14-19-20-17(23-14)18-16(21)15-11(4)12-7-9(2)10(3)8-13(12)22-15/h7-8H,5-6H2,1-4H3,(H,18,20,21). The van der Waals surface area contributed by atoms with Crippen molar-refractivity contribution in [1.82, 2.24) is 10.2 Å². The van der Waals surface area contributed by atoms with Crippen molar-refractivity contribution in [2.45, 2.75) is 40.5 Å². The van der Waals surface area contributed by atoms with E-state index < -0.39 is 0 Å². The number of aryl methyl sites for hydroxylation is 4. The molecule has 0 aliphatic carbocycles. The lowest BCUT2D eigenvalue weighted by molar-refractivity contribution is 0.0998. The first-order valence-electron chi connectivity index (χ1n) is 7.63. The smallest absolute Gasteiger partial charge is 0.293 e. The van der Waals surface area contributed by atoms with E-state index in [4.69, 9.17) is 4.42 Å². The fourth-order valence-electron chi connectivity index (χ4n) is 2.47. The van der Waals surface area contributed by atoms with E-state index in [9.17, 15) is 4.79 Å². The molecular formula is C17H19N3O2S. The van der Waals surface area contributed by atoms with Crippen LogP contribution in [-0.2, 0) is 6.42 Å². The number of nitrogens with one attached hydrogen (secondary N) is 1. The van der Waals surface area contributed by atoms with Crippen LogP contribution in [0.15, 0.2) is 16.5 Å². The van der Waals surface area contributed by atoms with Gasteiger partial charge in [0.15, 0.2) is 5.76 Å². The molecule has 23 heavy (non-hydrogen) atoms. The fourth-order valence-corrected chi connectivity index (χ4v) is 3.30. The normalized spacial score (nSPS) is 11.1. The third-order valence-electron chi connectivity index (χ3n) is 3.91. The number of aromatic nitrogens is 2. The molecule has 120 valence electrons. The van der Waals surface area contributed by atoms with Gasteiger partial charge in [-0.05, 0) is 50.5 Å². The van der Waals surface area contributed by atoms with Crippen LogP contribution in [0.25, 0.3) is 11.0 Å². The summed E-state index contributed by atoms with van der Waals surface area (Å²) in [5, 5.41) is 13.3. The zero-order valence-electron chi connectivity index (χ0n) is 13.7. The van der Waals surface area contributed by atoms with E-state index in [-0.39, 0.29) is 5.91 Å². The maximum absolute atomic E-state index is 12.5. The van der Waals surface area contributed by atoms with Crippen molar-refractivity contribution in [2.24, 2.45) is 0 Å². The van der Waals surface area contributed by atoms with Crippen molar-refractivity contribution in [3.63, 3.8) is 0 Å². The zero-order chi connectivity index (χ0) is 16.6. The largest absolute Gasteiger partial charge is 0.451 e. The SMILES string of the molecule is CCCc1nnc(NC(=O)c2oc3cc(C)c(C)cc3c2C)s1. The molecule has 1 N–H and O–H groups in total. The number of carbonyl (C=O) groups excluding carboxylic acids is 1. The van der Waals surface area contributed by atoms with Gasteiger partial charge in [0.05, 0.1) is 0 Å². The summed E-state index contributed by atoms with van der Waals surface area (Å²) >= 11 is 1.40. The first-order chi connectivity index (χ1) is 11.0. The van der Waals surface area contributed by atoms with Gasteiger partial charge in [0.25, 0.3) is 5.91 Å². The minimum absolute atomic E-state index is 0.284. The van der Waals surface area contributed by atoms with Gasteiger partial charge in [-0.2, -0.15) is 0 Å². The van der Waals surface area contributed by atoms with Crippen LogP contribution in [0.4, 0.5) is 5.13 Å². The van der Waals surface area contributed by atoms with E-state index in [0.717, 1.165) is 39.9 Å². The number of nitrogens with zero attached hydrogens (tertiary/aromatic N) is 2. The van der Waals surface area contributed by atoms with Crippen molar-refractivity contribution in [3.05, 3.63) is 39.6 Å². The summed E-state index contributed by atoms with van der Waals surface area (Å²) in [6.07, 6.45) is 1.87. The quantitative estimate of drug-likeness (QED) is 0.769. The van der Waals surface area contributed by atoms with Crippen LogP contribution < -0.4 is 5.32 Å². The van der Waals surface area contributed by atoms with Crippen molar-refractivity contribution in [3.8, 4) is 0 Å². The summed E-state index contributed by atoms with van der Waals surface area (Å²) in [5.41, 5.74) is 3.91. The van der Waals surface area contributed by atoms with Crippen molar-refractivity contribution >= 4 is 33.3 Å². The van der Waals surface area contributed by atoms with E-state index in [1.807, 2.05) is 19.9 Å². The maximum atomic E-state index is 12.5. The molecule has 1 aromatic carbocycles. The summed E-state index contributed by atoms with van der Waals surface area (Å²) < 4.78 is 5.77. The molecule has 0 saturated carbocycles. The molecule has 0 atom stereocenters. The number of fused-ring (bicyclic) bond motifs is 1. The second-order valence-electron chi connectivity index (χ2n) is 5.69. The average molecular weight is 329 g/mol. The minimum Gasteiger partial charge on any atom is -0.451 e. The number of hydrogen-bond acceptors (Lipinski definition) is 5. The van der Waals surface area contributed by atoms with Gasteiger partial charge in [-0.15, -0.1) is 10.2 Å². The van der Waals surface area contributed by atoms with Crippen LogP contribution in [0.1, 0.15) is 45.6 Å². The highest BCUT2D eigenvalue weighted by Crippen LogP contribution is 2.28. The van der Waals surface area contributed by atoms with Crippen LogP contribution in [0, 0.1) is 20.8 Å². The molecule has 0 radical (unpaired) electrons. The van der Waals surface area contributed by atoms with Crippen molar-refractivity contribution in [1.29, 1.82) is 0 Å². The Bertz CT molecular complexity index is 879. The minimum atomic E-state index is -0.284. The second kappa shape index (κ2) is 6.12. The van der Waals surface area contributed by atoms with E-state index >= 15 is 0 Å². The molecule has 0 bridgehead atoms. The Balaban J connectivity index is 1.89. The molecule has 0 aliphatic rings. The summed E-state index contributed by atoms with van der Waals surface area (Å²) in [6, 6.07) is 4.03. The van der Waals surface area contributed by atoms with Crippen LogP contribution >= 0.6 is 11.3 Å². The highest BCUT2D eigenvalue weighted by atomic mass is 32.1. The first-order valence-corrected chi connectivity index (χ1v) is 8.45. The van der Waals surface area contributed by atoms with Gasteiger partial charge < -0.3 is 4.42 Å². The van der Waals surface area contributed by atoms with Crippen LogP contribution in [0.2, 0.25) is 0 Å². The number of rotatable bonds is 4. The Kier molecular flexibility index (Phi) is 4.17. The average Bonchev–Trinajstić information content (AvgIpc) is 3.06. The second-order valence-corrected chi connectivity index (χ2v) is 6.76. The number of furan rings is 1. The molecule has 3 rings (SSSR count). The monoisotopic (exact) mass is 329 g/mol. The van der Waals surface area contributed by atoms with E-state index in [2.05, 4.69) is 35.4 Å². The first kappa shape index (κ1) is 15.7. The van der Waals surface area contributed by atoms with Gasteiger partial charge in [0.1, 0.15) is 10.6 Å². The predicted octanol–water partition coefficient (Wildman–Crippen LogP) is 4.41. The zero-order valence-corrected chi connectivity index (χ0v) is 14.5. The molecular weight excluding hydrogens is 310 g/mol. The summed E-state index contributed by atoms with van der Waals surface area (Å²) in [6.45, 7) is 8.07. The van der Waals surface area contributed by atoms with Crippen molar-refractivity contribution < 1.29 is 9.21 Å². The third kappa shape index (κ3) is 2.99. The lowest BCUT2D eigenvalue weighted by Crippen LogP contribution is -2.11. The highest BCUT2D eigenvalue weighted by Gasteiger charge is 2.19. The summed E-state index contributed by atoms with van der Waals surface area (Å²) in [7, 11) is 0. The van der Waals surface area contributed by atoms with Crippen LogP contribution in [-0.4, -0.2) is 16.1 Å². The summed E-state index contributed by atoms with van der Waals surface area (Å²) in [5.74, 6) is 0.0467. The lowest BCUT2D eigenvalue weighted by Gasteiger charge is -1.98. The number of carbonyl (C=O) groups is 1. The molecule has 0 spiro atoms. The molecule has 6 heteroatoms. The van der Waals surface area contributed by atoms with Gasteiger partial charge in [-0.1, -0.05) is 18.3 Å².